The number of hydrogen-bond acceptors (Lipinski definition) is 7. The summed E-state index contributed by atoms with van der Waals surface area (Å²) in [5.74, 6) is 0.605. The van der Waals surface area contributed by atoms with E-state index in [0.29, 0.717) is 34.9 Å². The summed E-state index contributed by atoms with van der Waals surface area (Å²) in [5.41, 5.74) is 0.610. The van der Waals surface area contributed by atoms with Crippen LogP contribution in [0.4, 0.5) is 16.1 Å². The monoisotopic (exact) mass is 411 g/mol. The fourth-order valence-electron chi connectivity index (χ4n) is 3.53. The average Bonchev–Trinajstić information content (AvgIpc) is 3.42. The van der Waals surface area contributed by atoms with Gasteiger partial charge in [-0.05, 0) is 75.3 Å². The van der Waals surface area contributed by atoms with Crippen LogP contribution in [-0.2, 0) is 0 Å². The summed E-state index contributed by atoms with van der Waals surface area (Å²) in [7, 11) is 0. The molecule has 0 bridgehead atoms. The molecule has 1 aromatic carbocycles. The molecule has 2 aromatic heterocycles. The van der Waals surface area contributed by atoms with E-state index in [1.807, 2.05) is 0 Å². The number of hydrogen-bond donors (Lipinski definition) is 1. The molecule has 30 heavy (non-hydrogen) atoms. The van der Waals surface area contributed by atoms with E-state index in [1.54, 1.807) is 18.2 Å². The Labute approximate surface area is 172 Å². The van der Waals surface area contributed by atoms with Crippen LogP contribution in [-0.4, -0.2) is 46.0 Å². The number of nitrogens with zero attached hydrogens (tertiary/aromatic N) is 4. The third-order valence-corrected chi connectivity index (χ3v) is 5.01. The molecule has 3 heterocycles. The molecule has 1 saturated heterocycles. The number of rotatable bonds is 8. The predicted molar refractivity (Wildman–Crippen MR) is 113 cm³/mol. The fraction of sp³-hybridized carbons (Fsp3) is 0.333. The lowest BCUT2D eigenvalue weighted by Gasteiger charge is -2.15. The molecule has 0 radical (unpaired) electrons. The van der Waals surface area contributed by atoms with E-state index in [1.165, 1.54) is 37.1 Å². The highest BCUT2D eigenvalue weighted by molar-refractivity contribution is 5.90. The van der Waals surface area contributed by atoms with Crippen LogP contribution in [0.3, 0.4) is 0 Å². The number of nitro groups is 1. The molecule has 1 fully saturated rings. The maximum absolute atomic E-state index is 13.8. The van der Waals surface area contributed by atoms with Crippen LogP contribution in [0.15, 0.2) is 34.7 Å². The van der Waals surface area contributed by atoms with E-state index in [0.717, 1.165) is 26.1 Å². The van der Waals surface area contributed by atoms with Gasteiger partial charge in [0.1, 0.15) is 22.3 Å². The first-order chi connectivity index (χ1) is 14.6. The number of anilines is 1. The van der Waals surface area contributed by atoms with Gasteiger partial charge in [0.05, 0.1) is 11.6 Å². The van der Waals surface area contributed by atoms with Gasteiger partial charge in [-0.2, -0.15) is 0 Å². The number of nitrogens with one attached hydrogen (secondary N) is 1. The summed E-state index contributed by atoms with van der Waals surface area (Å²) in [6, 6.07) is 7.17. The number of fused-ring (bicyclic) bond motifs is 1. The zero-order valence-electron chi connectivity index (χ0n) is 16.4. The Morgan fingerprint density at radius 3 is 2.80 bits per heavy atom. The number of aromatic nitrogens is 2. The van der Waals surface area contributed by atoms with E-state index < -0.39 is 4.92 Å². The van der Waals surface area contributed by atoms with E-state index in [9.17, 15) is 14.5 Å². The molecule has 156 valence electrons. The van der Waals surface area contributed by atoms with Crippen molar-refractivity contribution in [2.75, 3.05) is 31.5 Å². The second kappa shape index (κ2) is 9.00. The lowest BCUT2D eigenvalue weighted by molar-refractivity contribution is -0.402. The highest BCUT2D eigenvalue weighted by atomic mass is 19.1. The van der Waals surface area contributed by atoms with E-state index in [-0.39, 0.29) is 11.7 Å². The Hall–Kier alpha value is -3.33. The van der Waals surface area contributed by atoms with Gasteiger partial charge in [0.15, 0.2) is 5.82 Å². The van der Waals surface area contributed by atoms with Gasteiger partial charge in [0, 0.05) is 11.9 Å². The topological polar surface area (TPSA) is 97.3 Å². The molecule has 0 aliphatic carbocycles. The van der Waals surface area contributed by atoms with Crippen LogP contribution in [0.2, 0.25) is 0 Å². The zero-order chi connectivity index (χ0) is 20.9. The molecule has 0 spiro atoms. The molecule has 0 unspecified atom stereocenters. The smallest absolute Gasteiger partial charge is 0.401 e. The molecular formula is C21H22FN5O3. The predicted octanol–water partition coefficient (Wildman–Crippen LogP) is 4.34. The van der Waals surface area contributed by atoms with E-state index in [2.05, 4.69) is 20.2 Å². The SMILES string of the molecule is O=[N+]([O-])c1ccc(/C=C/c2nc(NCCCN3CCCC3)c3cc(F)ccc3n2)o1. The van der Waals surface area contributed by atoms with Crippen LogP contribution in [0, 0.1) is 15.9 Å². The molecule has 0 atom stereocenters. The molecule has 4 rings (SSSR count). The van der Waals surface area contributed by atoms with Gasteiger partial charge >= 0.3 is 5.88 Å². The van der Waals surface area contributed by atoms with Gasteiger partial charge in [0.25, 0.3) is 0 Å². The molecule has 0 saturated carbocycles. The van der Waals surface area contributed by atoms with E-state index >= 15 is 0 Å². The zero-order valence-corrected chi connectivity index (χ0v) is 16.4. The Bertz CT molecular complexity index is 1080. The molecule has 3 aromatic rings. The molecule has 1 aliphatic heterocycles. The molecule has 9 heteroatoms. The highest BCUT2D eigenvalue weighted by Gasteiger charge is 2.12. The van der Waals surface area contributed by atoms with Crippen molar-refractivity contribution >= 4 is 34.8 Å². The Morgan fingerprint density at radius 1 is 1.20 bits per heavy atom. The van der Waals surface area contributed by atoms with Crippen molar-refractivity contribution in [3.05, 3.63) is 57.8 Å². The van der Waals surface area contributed by atoms with Gasteiger partial charge in [-0.1, -0.05) is 0 Å². The van der Waals surface area contributed by atoms with Crippen molar-refractivity contribution in [2.45, 2.75) is 19.3 Å². The molecule has 0 amide bonds. The number of halogens is 1. The van der Waals surface area contributed by atoms with Crippen LogP contribution in [0.25, 0.3) is 23.1 Å². The third kappa shape index (κ3) is 4.80. The maximum Gasteiger partial charge on any atom is 0.433 e. The fourth-order valence-corrected chi connectivity index (χ4v) is 3.53. The van der Waals surface area contributed by atoms with Gasteiger partial charge in [-0.3, -0.25) is 10.1 Å². The van der Waals surface area contributed by atoms with Crippen molar-refractivity contribution in [2.24, 2.45) is 0 Å². The lowest BCUT2D eigenvalue weighted by atomic mass is 10.2. The minimum absolute atomic E-state index is 0.324. The largest absolute Gasteiger partial charge is 0.433 e. The van der Waals surface area contributed by atoms with Crippen molar-refractivity contribution < 1.29 is 13.7 Å². The standard InChI is InChI=1S/C21H22FN5O3/c22-15-4-7-18-17(14-15)21(23-10-3-13-26-11-1-2-12-26)25-19(24-18)8-5-16-6-9-20(30-16)27(28)29/h4-9,14H,1-3,10-13H2,(H,23,24,25)/b8-5+. The van der Waals surface area contributed by atoms with Gasteiger partial charge in [0.2, 0.25) is 0 Å². The molecular weight excluding hydrogens is 389 g/mol. The molecule has 1 N–H and O–H groups in total. The minimum atomic E-state index is -0.595. The Balaban J connectivity index is 1.52. The number of benzene rings is 1. The van der Waals surface area contributed by atoms with Crippen LogP contribution in [0.1, 0.15) is 30.8 Å². The quantitative estimate of drug-likeness (QED) is 0.334. The first kappa shape index (κ1) is 20.0. The summed E-state index contributed by atoms with van der Waals surface area (Å²) < 4.78 is 18.9. The first-order valence-electron chi connectivity index (χ1n) is 9.94. The van der Waals surface area contributed by atoms with E-state index in [4.69, 9.17) is 4.42 Å². The summed E-state index contributed by atoms with van der Waals surface area (Å²) in [6.07, 6.45) is 6.66. The second-order valence-electron chi connectivity index (χ2n) is 7.19. The van der Waals surface area contributed by atoms with Crippen LogP contribution < -0.4 is 5.32 Å². The summed E-state index contributed by atoms with van der Waals surface area (Å²) in [4.78, 5) is 21.5. The van der Waals surface area contributed by atoms with Gasteiger partial charge in [-0.25, -0.2) is 14.4 Å². The Kier molecular flexibility index (Phi) is 5.99. The Morgan fingerprint density at radius 2 is 2.03 bits per heavy atom. The van der Waals surface area contributed by atoms with Gasteiger partial charge < -0.3 is 14.6 Å². The van der Waals surface area contributed by atoms with Crippen molar-refractivity contribution in [1.29, 1.82) is 0 Å². The number of furan rings is 1. The van der Waals surface area contributed by atoms with Crippen LogP contribution in [0.5, 0.6) is 0 Å². The second-order valence-corrected chi connectivity index (χ2v) is 7.19. The number of likely N-dealkylation sites (tertiary alicyclic amines) is 1. The normalized spacial score (nSPS) is 14.7. The van der Waals surface area contributed by atoms with Gasteiger partial charge in [-0.15, -0.1) is 0 Å². The summed E-state index contributed by atoms with van der Waals surface area (Å²) in [5, 5.41) is 14.7. The highest BCUT2D eigenvalue weighted by Crippen LogP contribution is 2.23. The maximum atomic E-state index is 13.8. The lowest BCUT2D eigenvalue weighted by Crippen LogP contribution is -2.22. The summed E-state index contributed by atoms with van der Waals surface area (Å²) in [6.45, 7) is 4.05. The van der Waals surface area contributed by atoms with Crippen LogP contribution >= 0.6 is 0 Å². The third-order valence-electron chi connectivity index (χ3n) is 5.01. The van der Waals surface area contributed by atoms with Crippen molar-refractivity contribution in [3.63, 3.8) is 0 Å². The first-order valence-corrected chi connectivity index (χ1v) is 9.94. The van der Waals surface area contributed by atoms with Crippen molar-refractivity contribution in [1.82, 2.24) is 14.9 Å². The molecule has 1 aliphatic rings. The molecule has 8 nitrogen and oxygen atoms in total. The summed E-state index contributed by atoms with van der Waals surface area (Å²) >= 11 is 0. The minimum Gasteiger partial charge on any atom is -0.401 e. The average molecular weight is 411 g/mol. The van der Waals surface area contributed by atoms with Crippen molar-refractivity contribution in [3.8, 4) is 0 Å².